The lowest BCUT2D eigenvalue weighted by molar-refractivity contribution is 0.394. The lowest BCUT2D eigenvalue weighted by Gasteiger charge is -2.29. The van der Waals surface area contributed by atoms with E-state index in [4.69, 9.17) is 4.74 Å². The fourth-order valence-corrected chi connectivity index (χ4v) is 3.18. The zero-order valence-electron chi connectivity index (χ0n) is 19.5. The molecule has 0 atom stereocenters. The molecule has 8 nitrogen and oxygen atoms in total. The Labute approximate surface area is 185 Å². The number of methoxy groups -OCH3 is 1. The van der Waals surface area contributed by atoms with Crippen LogP contribution in [0.4, 0.5) is 5.82 Å². The summed E-state index contributed by atoms with van der Waals surface area (Å²) in [5.41, 5.74) is 0.892. The molecule has 0 N–H and O–H groups in total. The van der Waals surface area contributed by atoms with Crippen molar-refractivity contribution in [2.75, 3.05) is 25.1 Å². The summed E-state index contributed by atoms with van der Waals surface area (Å²) in [5, 5.41) is 0. The SMILES string of the molecule is CC.CCC.COc1cnc(Cn2ccnc2-c2ncccn2)c(N2CCCCC2)n1. The van der Waals surface area contributed by atoms with E-state index < -0.39 is 0 Å². The molecule has 8 heteroatoms. The maximum atomic E-state index is 5.29. The highest BCUT2D eigenvalue weighted by molar-refractivity contribution is 5.48. The third kappa shape index (κ3) is 6.73. The molecule has 0 amide bonds. The van der Waals surface area contributed by atoms with Crippen molar-refractivity contribution >= 4 is 5.82 Å². The number of nitrogens with zero attached hydrogens (tertiary/aromatic N) is 7. The Kier molecular flexibility index (Phi) is 10.4. The number of piperidine rings is 1. The summed E-state index contributed by atoms with van der Waals surface area (Å²) >= 11 is 0. The minimum atomic E-state index is 0.534. The van der Waals surface area contributed by atoms with Gasteiger partial charge in [0.15, 0.2) is 17.5 Å². The molecule has 0 aromatic carbocycles. The molecule has 4 heterocycles. The van der Waals surface area contributed by atoms with E-state index in [2.05, 4.69) is 43.7 Å². The first-order valence-corrected chi connectivity index (χ1v) is 11.2. The second-order valence-corrected chi connectivity index (χ2v) is 6.89. The van der Waals surface area contributed by atoms with Gasteiger partial charge in [0.2, 0.25) is 5.88 Å². The van der Waals surface area contributed by atoms with Crippen LogP contribution in [0.25, 0.3) is 11.6 Å². The fraction of sp³-hybridized carbons (Fsp3) is 0.522. The van der Waals surface area contributed by atoms with E-state index in [0.717, 1.165) is 24.6 Å². The topological polar surface area (TPSA) is 81.8 Å². The number of ether oxygens (including phenoxy) is 1. The third-order valence-corrected chi connectivity index (χ3v) is 4.47. The zero-order valence-corrected chi connectivity index (χ0v) is 19.5. The highest BCUT2D eigenvalue weighted by atomic mass is 16.5. The fourth-order valence-electron chi connectivity index (χ4n) is 3.18. The Morgan fingerprint density at radius 3 is 2.26 bits per heavy atom. The zero-order chi connectivity index (χ0) is 22.5. The van der Waals surface area contributed by atoms with E-state index in [9.17, 15) is 0 Å². The molecule has 0 saturated carbocycles. The molecule has 0 bridgehead atoms. The van der Waals surface area contributed by atoms with Crippen molar-refractivity contribution in [3.63, 3.8) is 0 Å². The molecule has 0 aliphatic carbocycles. The molecule has 1 aliphatic rings. The molecule has 1 aliphatic heterocycles. The minimum Gasteiger partial charge on any atom is -0.480 e. The molecule has 168 valence electrons. The van der Waals surface area contributed by atoms with Gasteiger partial charge in [-0.2, -0.15) is 4.98 Å². The van der Waals surface area contributed by atoms with Gasteiger partial charge in [0.1, 0.15) is 5.69 Å². The Hall–Kier alpha value is -3.03. The van der Waals surface area contributed by atoms with Crippen LogP contribution in [0.5, 0.6) is 5.88 Å². The number of anilines is 1. The van der Waals surface area contributed by atoms with Crippen molar-refractivity contribution in [3.8, 4) is 17.5 Å². The minimum absolute atomic E-state index is 0.534. The normalized spacial score (nSPS) is 12.9. The van der Waals surface area contributed by atoms with Gasteiger partial charge in [-0.05, 0) is 25.3 Å². The smallest absolute Gasteiger partial charge is 0.234 e. The van der Waals surface area contributed by atoms with Gasteiger partial charge < -0.3 is 14.2 Å². The van der Waals surface area contributed by atoms with Crippen LogP contribution in [0, 0.1) is 0 Å². The maximum Gasteiger partial charge on any atom is 0.234 e. The van der Waals surface area contributed by atoms with Crippen LogP contribution in [0.1, 0.15) is 59.1 Å². The third-order valence-electron chi connectivity index (χ3n) is 4.47. The van der Waals surface area contributed by atoms with Crippen LogP contribution in [-0.4, -0.2) is 49.7 Å². The van der Waals surface area contributed by atoms with Crippen molar-refractivity contribution in [3.05, 3.63) is 42.7 Å². The monoisotopic (exact) mass is 425 g/mol. The molecule has 3 aromatic rings. The van der Waals surface area contributed by atoms with Crippen LogP contribution < -0.4 is 9.64 Å². The van der Waals surface area contributed by atoms with Gasteiger partial charge in [-0.1, -0.05) is 34.1 Å². The number of imidazole rings is 1. The molecule has 3 aromatic heterocycles. The van der Waals surface area contributed by atoms with Crippen LogP contribution >= 0.6 is 0 Å². The first-order chi connectivity index (χ1) is 15.3. The van der Waals surface area contributed by atoms with Gasteiger partial charge in [0.05, 0.1) is 19.9 Å². The second kappa shape index (κ2) is 13.3. The van der Waals surface area contributed by atoms with Crippen LogP contribution in [0.2, 0.25) is 0 Å². The van der Waals surface area contributed by atoms with E-state index in [0.29, 0.717) is 24.1 Å². The van der Waals surface area contributed by atoms with Gasteiger partial charge in [0, 0.05) is 37.9 Å². The van der Waals surface area contributed by atoms with Crippen LogP contribution in [0.15, 0.2) is 37.1 Å². The van der Waals surface area contributed by atoms with E-state index in [1.165, 1.54) is 25.7 Å². The molecule has 1 fully saturated rings. The van der Waals surface area contributed by atoms with Gasteiger partial charge >= 0.3 is 0 Å². The Morgan fingerprint density at radius 1 is 0.935 bits per heavy atom. The first-order valence-electron chi connectivity index (χ1n) is 11.2. The van der Waals surface area contributed by atoms with E-state index in [1.54, 1.807) is 38.0 Å². The van der Waals surface area contributed by atoms with Gasteiger partial charge in [0.25, 0.3) is 0 Å². The predicted molar refractivity (Wildman–Crippen MR) is 124 cm³/mol. The molecule has 0 unspecified atom stereocenters. The standard InChI is InChI=1S/C18H21N7O.C3H8.C2H6/c1-26-15-12-22-14(17(23-15)24-9-3-2-4-10-24)13-25-11-8-21-18(25)16-19-6-5-7-20-16;1-3-2;1-2/h5-8,11-12H,2-4,9-10,13H2,1H3;3H2,1-2H3;1-2H3. The number of aromatic nitrogens is 6. The lowest BCUT2D eigenvalue weighted by atomic mass is 10.1. The summed E-state index contributed by atoms with van der Waals surface area (Å²) in [6, 6.07) is 1.79. The molecule has 4 rings (SSSR count). The maximum absolute atomic E-state index is 5.29. The highest BCUT2D eigenvalue weighted by Gasteiger charge is 2.19. The summed E-state index contributed by atoms with van der Waals surface area (Å²) in [4.78, 5) is 24.6. The molecular weight excluding hydrogens is 390 g/mol. The Bertz CT molecular complexity index is 877. The molecule has 0 radical (unpaired) electrons. The van der Waals surface area contributed by atoms with Crippen LogP contribution in [-0.2, 0) is 6.54 Å². The van der Waals surface area contributed by atoms with Crippen molar-refractivity contribution in [1.82, 2.24) is 29.5 Å². The summed E-state index contributed by atoms with van der Waals surface area (Å²) in [6.07, 6.45) is 13.6. The van der Waals surface area contributed by atoms with Gasteiger partial charge in [-0.15, -0.1) is 0 Å². The van der Waals surface area contributed by atoms with Crippen molar-refractivity contribution in [2.45, 2.75) is 59.9 Å². The lowest BCUT2D eigenvalue weighted by Crippen LogP contribution is -2.31. The van der Waals surface area contributed by atoms with Crippen molar-refractivity contribution in [2.24, 2.45) is 0 Å². The summed E-state index contributed by atoms with van der Waals surface area (Å²) in [5.74, 6) is 2.73. The quantitative estimate of drug-likeness (QED) is 0.590. The van der Waals surface area contributed by atoms with Crippen molar-refractivity contribution in [1.29, 1.82) is 0 Å². The highest BCUT2D eigenvalue weighted by Crippen LogP contribution is 2.25. The average Bonchev–Trinajstić information content (AvgIpc) is 3.30. The average molecular weight is 426 g/mol. The Balaban J connectivity index is 0.000000630. The molecule has 1 saturated heterocycles. The summed E-state index contributed by atoms with van der Waals surface area (Å²) < 4.78 is 7.29. The van der Waals surface area contributed by atoms with E-state index in [-0.39, 0.29) is 0 Å². The summed E-state index contributed by atoms with van der Waals surface area (Å²) in [7, 11) is 1.62. The van der Waals surface area contributed by atoms with Gasteiger partial charge in [-0.25, -0.2) is 19.9 Å². The van der Waals surface area contributed by atoms with Crippen molar-refractivity contribution < 1.29 is 4.74 Å². The van der Waals surface area contributed by atoms with E-state index >= 15 is 0 Å². The first kappa shape index (κ1) is 24.2. The molecule has 0 spiro atoms. The molecular formula is C23H35N7O. The predicted octanol–water partition coefficient (Wildman–Crippen LogP) is 4.62. The van der Waals surface area contributed by atoms with Crippen LogP contribution in [0.3, 0.4) is 0 Å². The number of rotatable bonds is 5. The number of hydrogen-bond acceptors (Lipinski definition) is 7. The van der Waals surface area contributed by atoms with E-state index in [1.807, 2.05) is 24.6 Å². The van der Waals surface area contributed by atoms with Gasteiger partial charge in [-0.3, -0.25) is 0 Å². The largest absolute Gasteiger partial charge is 0.480 e. The molecule has 31 heavy (non-hydrogen) atoms. The second-order valence-electron chi connectivity index (χ2n) is 6.89. The summed E-state index contributed by atoms with van der Waals surface area (Å²) in [6.45, 7) is 10.8. The number of hydrogen-bond donors (Lipinski definition) is 0. The Morgan fingerprint density at radius 2 is 1.61 bits per heavy atom.